The Bertz CT molecular complexity index is 1270. The lowest BCUT2D eigenvalue weighted by molar-refractivity contribution is -0.140. The lowest BCUT2D eigenvalue weighted by atomic mass is 9.99. The number of benzene rings is 1. The van der Waals surface area contributed by atoms with Crippen LogP contribution in [0.25, 0.3) is 11.4 Å². The number of carbonyl (C=O) groups is 2. The van der Waals surface area contributed by atoms with Gasteiger partial charge in [-0.1, -0.05) is 18.2 Å². The molecule has 9 nitrogen and oxygen atoms in total. The Hall–Kier alpha value is -3.69. The van der Waals surface area contributed by atoms with Crippen molar-refractivity contribution in [2.24, 2.45) is 0 Å². The smallest absolute Gasteiger partial charge is 0.295 e. The van der Waals surface area contributed by atoms with E-state index in [4.69, 9.17) is 9.15 Å². The summed E-state index contributed by atoms with van der Waals surface area (Å²) in [4.78, 5) is 30.1. The molecule has 2 aromatic heterocycles. The average Bonchev–Trinajstić information content (AvgIpc) is 3.55. The molecule has 0 aliphatic carbocycles. The zero-order valence-electron chi connectivity index (χ0n) is 19.8. The first kappa shape index (κ1) is 23.1. The maximum absolute atomic E-state index is 13.2. The normalized spacial score (nSPS) is 20.6. The Kier molecular flexibility index (Phi) is 6.27. The molecule has 35 heavy (non-hydrogen) atoms. The number of hydrogen-bond acceptors (Lipinski definition) is 7. The van der Waals surface area contributed by atoms with Gasteiger partial charge in [0.2, 0.25) is 0 Å². The third-order valence-electron chi connectivity index (χ3n) is 6.60. The number of furan rings is 1. The van der Waals surface area contributed by atoms with Crippen LogP contribution in [0, 0.1) is 13.8 Å². The number of ether oxygens (including phenoxy) is 1. The van der Waals surface area contributed by atoms with Crippen molar-refractivity contribution < 1.29 is 23.8 Å². The third kappa shape index (κ3) is 4.28. The summed E-state index contributed by atoms with van der Waals surface area (Å²) in [6, 6.07) is 12.2. The van der Waals surface area contributed by atoms with Crippen molar-refractivity contribution in [2.45, 2.75) is 19.9 Å². The summed E-state index contributed by atoms with van der Waals surface area (Å²) < 4.78 is 13.0. The number of hydrogen-bond donors (Lipinski definition) is 1. The zero-order chi connectivity index (χ0) is 24.5. The number of aliphatic hydroxyl groups excluding tert-OH is 1. The molecular weight excluding hydrogens is 448 g/mol. The quantitative estimate of drug-likeness (QED) is 0.332. The molecule has 9 heteroatoms. The van der Waals surface area contributed by atoms with Crippen molar-refractivity contribution >= 4 is 17.4 Å². The van der Waals surface area contributed by atoms with Gasteiger partial charge in [-0.05, 0) is 38.1 Å². The van der Waals surface area contributed by atoms with Gasteiger partial charge in [0.25, 0.3) is 11.7 Å². The lowest BCUT2D eigenvalue weighted by Crippen LogP contribution is -2.42. The number of carbonyl (C=O) groups excluding carboxylic acids is 2. The van der Waals surface area contributed by atoms with Crippen LogP contribution < -0.4 is 0 Å². The van der Waals surface area contributed by atoms with Crippen LogP contribution in [0.3, 0.4) is 0 Å². The molecule has 2 fully saturated rings. The summed E-state index contributed by atoms with van der Waals surface area (Å²) in [6.07, 6.45) is 1.52. The van der Waals surface area contributed by atoms with Gasteiger partial charge in [0.15, 0.2) is 0 Å². The van der Waals surface area contributed by atoms with Crippen molar-refractivity contribution in [3.63, 3.8) is 0 Å². The maximum atomic E-state index is 13.2. The molecule has 2 aliphatic heterocycles. The van der Waals surface area contributed by atoms with Crippen LogP contribution in [0.1, 0.15) is 28.8 Å². The van der Waals surface area contributed by atoms with E-state index < -0.39 is 17.7 Å². The van der Waals surface area contributed by atoms with Gasteiger partial charge >= 0.3 is 0 Å². The number of rotatable bonds is 6. The van der Waals surface area contributed by atoms with Gasteiger partial charge in [-0.3, -0.25) is 14.5 Å². The van der Waals surface area contributed by atoms with E-state index in [0.717, 1.165) is 18.8 Å². The van der Waals surface area contributed by atoms with Crippen molar-refractivity contribution in [3.05, 3.63) is 77.0 Å². The number of Topliss-reactive ketones (excluding diaryl/α,β-unsaturated/α-hetero) is 1. The Morgan fingerprint density at radius 3 is 2.49 bits per heavy atom. The minimum Gasteiger partial charge on any atom is -0.507 e. The molecule has 1 aromatic carbocycles. The molecule has 2 aliphatic rings. The molecular formula is C26H28N4O5. The Labute approximate surface area is 203 Å². The number of amides is 1. The highest BCUT2D eigenvalue weighted by molar-refractivity contribution is 6.46. The van der Waals surface area contributed by atoms with E-state index in [0.29, 0.717) is 49.1 Å². The highest BCUT2D eigenvalue weighted by atomic mass is 16.5. The fraction of sp³-hybridized carbons (Fsp3) is 0.346. The fourth-order valence-electron chi connectivity index (χ4n) is 4.70. The molecule has 3 aromatic rings. The predicted octanol–water partition coefficient (Wildman–Crippen LogP) is 2.84. The van der Waals surface area contributed by atoms with E-state index >= 15 is 0 Å². The second-order valence-electron chi connectivity index (χ2n) is 8.79. The summed E-state index contributed by atoms with van der Waals surface area (Å²) in [5, 5.41) is 15.8. The van der Waals surface area contributed by atoms with Crippen LogP contribution in [-0.2, 0) is 14.3 Å². The van der Waals surface area contributed by atoms with Gasteiger partial charge in [0.1, 0.15) is 23.3 Å². The molecule has 5 rings (SSSR count). The second kappa shape index (κ2) is 9.52. The number of ketones is 1. The molecule has 1 N–H and O–H groups in total. The number of likely N-dealkylation sites (tertiary alicyclic amines) is 1. The van der Waals surface area contributed by atoms with E-state index in [-0.39, 0.29) is 11.3 Å². The molecule has 182 valence electrons. The molecule has 2 saturated heterocycles. The van der Waals surface area contributed by atoms with E-state index in [1.54, 1.807) is 23.7 Å². The highest BCUT2D eigenvalue weighted by Crippen LogP contribution is 2.40. The lowest BCUT2D eigenvalue weighted by Gasteiger charge is -2.30. The summed E-state index contributed by atoms with van der Waals surface area (Å²) in [5.41, 5.74) is 1.89. The summed E-state index contributed by atoms with van der Waals surface area (Å²) in [6.45, 7) is 7.37. The summed E-state index contributed by atoms with van der Waals surface area (Å²) in [5.74, 6) is -0.525. The van der Waals surface area contributed by atoms with E-state index in [1.165, 1.54) is 11.1 Å². The van der Waals surface area contributed by atoms with Crippen LogP contribution in [0.15, 0.2) is 58.7 Å². The van der Waals surface area contributed by atoms with Crippen LogP contribution >= 0.6 is 0 Å². The number of morpholine rings is 1. The van der Waals surface area contributed by atoms with Gasteiger partial charge in [-0.25, -0.2) is 4.68 Å². The molecule has 0 spiro atoms. The standard InChI is InChI=1S/C26H28N4O5/c1-17-8-9-21(35-17)23-22(25(32)26(33)29(23)11-10-28-12-14-34-15-13-28)24(31)20-16-27-30(18(20)2)19-6-4-3-5-7-19/h3-9,16,23,31H,10-15H2,1-2H3/b24-22+/t23-/m1/s1. The van der Waals surface area contributed by atoms with Gasteiger partial charge in [-0.15, -0.1) is 0 Å². The van der Waals surface area contributed by atoms with Crippen molar-refractivity contribution in [1.82, 2.24) is 19.6 Å². The van der Waals surface area contributed by atoms with Gasteiger partial charge < -0.3 is 19.2 Å². The first-order valence-corrected chi connectivity index (χ1v) is 11.7. The fourth-order valence-corrected chi connectivity index (χ4v) is 4.70. The van der Waals surface area contributed by atoms with Crippen molar-refractivity contribution in [1.29, 1.82) is 0 Å². The molecule has 1 atom stereocenters. The largest absolute Gasteiger partial charge is 0.507 e. The topological polar surface area (TPSA) is 101 Å². The summed E-state index contributed by atoms with van der Waals surface area (Å²) in [7, 11) is 0. The van der Waals surface area contributed by atoms with E-state index in [9.17, 15) is 14.7 Å². The molecule has 0 radical (unpaired) electrons. The molecule has 0 unspecified atom stereocenters. The number of aliphatic hydroxyl groups is 1. The summed E-state index contributed by atoms with van der Waals surface area (Å²) >= 11 is 0. The third-order valence-corrected chi connectivity index (χ3v) is 6.60. The van der Waals surface area contributed by atoms with Crippen LogP contribution in [0.5, 0.6) is 0 Å². The van der Waals surface area contributed by atoms with Gasteiger partial charge in [0, 0.05) is 26.2 Å². The van der Waals surface area contributed by atoms with Crippen LogP contribution in [0.2, 0.25) is 0 Å². The molecule has 4 heterocycles. The van der Waals surface area contributed by atoms with E-state index in [1.807, 2.05) is 37.3 Å². The monoisotopic (exact) mass is 476 g/mol. The van der Waals surface area contributed by atoms with E-state index in [2.05, 4.69) is 10.00 Å². The van der Waals surface area contributed by atoms with Crippen molar-refractivity contribution in [3.8, 4) is 5.69 Å². The van der Waals surface area contributed by atoms with Gasteiger partial charge in [0.05, 0.1) is 41.9 Å². The van der Waals surface area contributed by atoms with Gasteiger partial charge in [-0.2, -0.15) is 5.10 Å². The number of aryl methyl sites for hydroxylation is 1. The molecule has 1 amide bonds. The minimum absolute atomic E-state index is 0.0158. The Morgan fingerprint density at radius 1 is 1.06 bits per heavy atom. The zero-order valence-corrected chi connectivity index (χ0v) is 19.8. The first-order chi connectivity index (χ1) is 17.0. The Balaban J connectivity index is 1.54. The highest BCUT2D eigenvalue weighted by Gasteiger charge is 2.47. The second-order valence-corrected chi connectivity index (χ2v) is 8.79. The number of aromatic nitrogens is 2. The van der Waals surface area contributed by atoms with Crippen LogP contribution in [-0.4, -0.2) is 75.8 Å². The maximum Gasteiger partial charge on any atom is 0.295 e. The number of nitrogens with zero attached hydrogens (tertiary/aromatic N) is 4. The molecule has 0 bridgehead atoms. The minimum atomic E-state index is -0.816. The first-order valence-electron chi connectivity index (χ1n) is 11.7. The number of para-hydroxylation sites is 1. The van der Waals surface area contributed by atoms with Crippen LogP contribution in [0.4, 0.5) is 0 Å². The predicted molar refractivity (Wildman–Crippen MR) is 128 cm³/mol. The Morgan fingerprint density at radius 2 is 1.80 bits per heavy atom. The SMILES string of the molecule is Cc1ccc([C@@H]2/C(=C(\O)c3cnn(-c4ccccc4)c3C)C(=O)C(=O)N2CCN2CCOCC2)o1. The average molecular weight is 477 g/mol. The molecule has 0 saturated carbocycles. The van der Waals surface area contributed by atoms with Crippen molar-refractivity contribution in [2.75, 3.05) is 39.4 Å².